The number of aliphatic hydroxyl groups excluding tert-OH is 2. The van der Waals surface area contributed by atoms with E-state index in [9.17, 15) is 32.6 Å². The number of imidazole rings is 1. The van der Waals surface area contributed by atoms with E-state index in [1.165, 1.54) is 6.07 Å². The molecule has 1 heterocycles. The smallest absolute Gasteiger partial charge is 0.393 e. The highest BCUT2D eigenvalue weighted by atomic mass is 19.4. The molecule has 1 amide bonds. The highest BCUT2D eigenvalue weighted by Crippen LogP contribution is 2.35. The number of carbonyl (C=O) groups is 1. The average Bonchev–Trinajstić information content (AvgIpc) is 3.26. The van der Waals surface area contributed by atoms with Crippen LogP contribution in [0.2, 0.25) is 0 Å². The van der Waals surface area contributed by atoms with Crippen LogP contribution in [-0.4, -0.2) is 37.9 Å². The van der Waals surface area contributed by atoms with Crippen LogP contribution in [0.15, 0.2) is 48.5 Å². The molecule has 2 unspecified atom stereocenters. The monoisotopic (exact) mass is 534 g/mol. The Bertz CT molecular complexity index is 1230. The van der Waals surface area contributed by atoms with Gasteiger partial charge in [-0.1, -0.05) is 51.1 Å². The standard InChI is InChI=1S/C28H32F4N3O3/c1-4-20(36)15-21(37)12-13-35-25(17(2)3)24(27(38)33-16-18-8-6-5-7-9-18)34-26(35)19-10-11-23(29)22(14-19)28(30,31)32/h5-11,14,17,20-21,36-37H,1,4,12-13,15-16H2,2-3H3,(H,33,38). The number of carbonyl (C=O) groups excluding carboxylic acids is 1. The van der Waals surface area contributed by atoms with Gasteiger partial charge in [0.15, 0.2) is 0 Å². The van der Waals surface area contributed by atoms with Crippen LogP contribution in [0.4, 0.5) is 17.6 Å². The van der Waals surface area contributed by atoms with E-state index in [1.54, 1.807) is 4.57 Å². The largest absolute Gasteiger partial charge is 0.419 e. The minimum atomic E-state index is -4.92. The number of nitrogens with one attached hydrogen (secondary N) is 1. The zero-order valence-electron chi connectivity index (χ0n) is 21.3. The Kier molecular flexibility index (Phi) is 9.67. The topological polar surface area (TPSA) is 87.4 Å². The Labute approximate surface area is 219 Å². The van der Waals surface area contributed by atoms with Crippen LogP contribution >= 0.6 is 0 Å². The molecule has 0 fully saturated rings. The number of nitrogens with zero attached hydrogens (tertiary/aromatic N) is 2. The molecule has 0 spiro atoms. The summed E-state index contributed by atoms with van der Waals surface area (Å²) in [6, 6.07) is 11.8. The van der Waals surface area contributed by atoms with Gasteiger partial charge < -0.3 is 20.1 Å². The molecule has 1 aromatic heterocycles. The first-order chi connectivity index (χ1) is 17.9. The Balaban J connectivity index is 2.05. The number of benzene rings is 2. The summed E-state index contributed by atoms with van der Waals surface area (Å²) in [6.45, 7) is 7.56. The van der Waals surface area contributed by atoms with Crippen molar-refractivity contribution in [3.05, 3.63) is 83.8 Å². The van der Waals surface area contributed by atoms with Crippen molar-refractivity contribution in [3.8, 4) is 11.4 Å². The lowest BCUT2D eigenvalue weighted by molar-refractivity contribution is -0.139. The summed E-state index contributed by atoms with van der Waals surface area (Å²) in [5.41, 5.74) is -0.101. The summed E-state index contributed by atoms with van der Waals surface area (Å²) < 4.78 is 56.0. The van der Waals surface area contributed by atoms with Gasteiger partial charge in [0.25, 0.3) is 5.91 Å². The van der Waals surface area contributed by atoms with E-state index in [4.69, 9.17) is 0 Å². The first kappa shape index (κ1) is 29.3. The summed E-state index contributed by atoms with van der Waals surface area (Å²) in [4.78, 5) is 17.7. The molecule has 3 rings (SSSR count). The van der Waals surface area contributed by atoms with Crippen LogP contribution in [0.3, 0.4) is 0 Å². The lowest BCUT2D eigenvalue weighted by atomic mass is 10.0. The van der Waals surface area contributed by atoms with Crippen molar-refractivity contribution in [3.63, 3.8) is 0 Å². The average molecular weight is 535 g/mol. The lowest BCUT2D eigenvalue weighted by Gasteiger charge is -2.19. The van der Waals surface area contributed by atoms with Gasteiger partial charge in [-0.2, -0.15) is 13.2 Å². The lowest BCUT2D eigenvalue weighted by Crippen LogP contribution is -2.25. The van der Waals surface area contributed by atoms with Crippen molar-refractivity contribution in [2.75, 3.05) is 0 Å². The van der Waals surface area contributed by atoms with E-state index in [0.717, 1.165) is 11.6 Å². The molecule has 2 aromatic carbocycles. The van der Waals surface area contributed by atoms with Crippen LogP contribution in [0.1, 0.15) is 66.3 Å². The van der Waals surface area contributed by atoms with Crippen molar-refractivity contribution in [2.45, 2.75) is 70.5 Å². The molecule has 0 saturated heterocycles. The van der Waals surface area contributed by atoms with Gasteiger partial charge in [0.05, 0.1) is 23.5 Å². The third-order valence-electron chi connectivity index (χ3n) is 6.16. The molecule has 0 aliphatic rings. The number of aromatic nitrogens is 2. The fourth-order valence-corrected chi connectivity index (χ4v) is 4.24. The Morgan fingerprint density at radius 3 is 2.39 bits per heavy atom. The Morgan fingerprint density at radius 1 is 1.11 bits per heavy atom. The minimum absolute atomic E-state index is 0.0185. The molecule has 10 heteroatoms. The Morgan fingerprint density at radius 2 is 1.79 bits per heavy atom. The van der Waals surface area contributed by atoms with Crippen LogP contribution in [0, 0.1) is 12.7 Å². The maximum absolute atomic E-state index is 14.0. The quantitative estimate of drug-likeness (QED) is 0.284. The number of hydrogen-bond acceptors (Lipinski definition) is 4. The molecule has 0 saturated carbocycles. The van der Waals surface area contributed by atoms with Crippen molar-refractivity contribution < 1.29 is 32.6 Å². The summed E-state index contributed by atoms with van der Waals surface area (Å²) in [5, 5.41) is 23.0. The van der Waals surface area contributed by atoms with Gasteiger partial charge in [-0.15, -0.1) is 0 Å². The molecule has 0 aliphatic carbocycles. The van der Waals surface area contributed by atoms with Gasteiger partial charge in [0, 0.05) is 18.7 Å². The van der Waals surface area contributed by atoms with E-state index in [2.05, 4.69) is 17.2 Å². The minimum Gasteiger partial charge on any atom is -0.393 e. The second kappa shape index (κ2) is 12.5. The van der Waals surface area contributed by atoms with Gasteiger partial charge in [-0.3, -0.25) is 4.79 Å². The molecule has 3 N–H and O–H groups in total. The van der Waals surface area contributed by atoms with Gasteiger partial charge in [-0.25, -0.2) is 9.37 Å². The zero-order chi connectivity index (χ0) is 28.0. The highest BCUT2D eigenvalue weighted by molar-refractivity contribution is 5.94. The highest BCUT2D eigenvalue weighted by Gasteiger charge is 2.35. The van der Waals surface area contributed by atoms with Crippen LogP contribution in [0.5, 0.6) is 0 Å². The van der Waals surface area contributed by atoms with Gasteiger partial charge in [0.1, 0.15) is 17.3 Å². The summed E-state index contributed by atoms with van der Waals surface area (Å²) in [7, 11) is 0. The molecular weight excluding hydrogens is 502 g/mol. The predicted octanol–water partition coefficient (Wildman–Crippen LogP) is 5.49. The van der Waals surface area contributed by atoms with Gasteiger partial charge in [-0.05, 0) is 48.9 Å². The second-order valence-electron chi connectivity index (χ2n) is 9.46. The summed E-state index contributed by atoms with van der Waals surface area (Å²) in [6.07, 6.45) is -6.22. The van der Waals surface area contributed by atoms with Crippen molar-refractivity contribution >= 4 is 5.91 Å². The molecule has 6 nitrogen and oxygen atoms in total. The fraction of sp³-hybridized carbons (Fsp3) is 0.393. The predicted molar refractivity (Wildman–Crippen MR) is 136 cm³/mol. The number of hydrogen-bond donors (Lipinski definition) is 3. The first-order valence-corrected chi connectivity index (χ1v) is 12.4. The number of amides is 1. The van der Waals surface area contributed by atoms with E-state index in [0.29, 0.717) is 11.8 Å². The van der Waals surface area contributed by atoms with Gasteiger partial charge >= 0.3 is 6.18 Å². The third-order valence-corrected chi connectivity index (χ3v) is 6.16. The first-order valence-electron chi connectivity index (χ1n) is 12.4. The maximum Gasteiger partial charge on any atom is 0.419 e. The SMILES string of the molecule is [CH2]CC(O)CC(O)CCn1c(-c2ccc(F)c(C(F)(F)F)c2)nc(C(=O)NCc2ccccc2)c1C(C)C. The third kappa shape index (κ3) is 7.20. The van der Waals surface area contributed by atoms with E-state index >= 15 is 0 Å². The molecule has 205 valence electrons. The molecule has 1 radical (unpaired) electrons. The summed E-state index contributed by atoms with van der Waals surface area (Å²) in [5.74, 6) is -2.14. The van der Waals surface area contributed by atoms with Crippen LogP contribution < -0.4 is 5.32 Å². The number of aliphatic hydroxyl groups is 2. The van der Waals surface area contributed by atoms with E-state index in [1.807, 2.05) is 44.2 Å². The normalized spacial score (nSPS) is 13.5. The van der Waals surface area contributed by atoms with Crippen molar-refractivity contribution in [2.24, 2.45) is 0 Å². The number of rotatable bonds is 11. The van der Waals surface area contributed by atoms with Gasteiger partial charge in [0.2, 0.25) is 0 Å². The van der Waals surface area contributed by atoms with Crippen LogP contribution in [-0.2, 0) is 19.3 Å². The molecule has 38 heavy (non-hydrogen) atoms. The molecular formula is C28H32F4N3O3. The van der Waals surface area contributed by atoms with E-state index in [-0.39, 0.29) is 55.4 Å². The van der Waals surface area contributed by atoms with Crippen molar-refractivity contribution in [1.29, 1.82) is 0 Å². The molecule has 2 atom stereocenters. The maximum atomic E-state index is 14.0. The van der Waals surface area contributed by atoms with Crippen molar-refractivity contribution in [1.82, 2.24) is 14.9 Å². The van der Waals surface area contributed by atoms with Crippen LogP contribution in [0.25, 0.3) is 11.4 Å². The Hall–Kier alpha value is -3.24. The summed E-state index contributed by atoms with van der Waals surface area (Å²) >= 11 is 0. The number of alkyl halides is 3. The fourth-order valence-electron chi connectivity index (χ4n) is 4.24. The zero-order valence-corrected chi connectivity index (χ0v) is 21.3. The second-order valence-corrected chi connectivity index (χ2v) is 9.46. The molecule has 0 aliphatic heterocycles. The molecule has 0 bridgehead atoms. The number of halogens is 4. The molecule has 3 aromatic rings. The van der Waals surface area contributed by atoms with E-state index < -0.39 is 35.7 Å².